The van der Waals surface area contributed by atoms with Crippen molar-refractivity contribution >= 4 is 15.9 Å². The topological polar surface area (TPSA) is 3.24 Å². The second kappa shape index (κ2) is 3.96. The third-order valence-corrected chi connectivity index (χ3v) is 2.24. The van der Waals surface area contributed by atoms with E-state index in [0.29, 0.717) is 0 Å². The van der Waals surface area contributed by atoms with Gasteiger partial charge in [-0.15, -0.1) is 0 Å². The lowest BCUT2D eigenvalue weighted by molar-refractivity contribution is 0.456. The van der Waals surface area contributed by atoms with Crippen LogP contribution in [0.3, 0.4) is 0 Å². The van der Waals surface area contributed by atoms with E-state index in [4.69, 9.17) is 0 Å². The number of alkyl halides is 1. The van der Waals surface area contributed by atoms with Gasteiger partial charge in [-0.1, -0.05) is 28.6 Å². The minimum Gasteiger partial charge on any atom is -0.350 e. The highest BCUT2D eigenvalue weighted by Gasteiger charge is 2.27. The largest absolute Gasteiger partial charge is 0.350 e. The van der Waals surface area contributed by atoms with Gasteiger partial charge in [-0.05, 0) is 26.0 Å². The molecule has 0 radical (unpaired) electrons. The van der Waals surface area contributed by atoms with Crippen LogP contribution in [-0.4, -0.2) is 16.3 Å². The molecule has 1 nitrogen and oxygen atoms in total. The van der Waals surface area contributed by atoms with E-state index in [1.165, 1.54) is 18.5 Å². The van der Waals surface area contributed by atoms with E-state index < -0.39 is 0 Å². The molecule has 0 heterocycles. The van der Waals surface area contributed by atoms with Crippen LogP contribution in [0.25, 0.3) is 0 Å². The minimum absolute atomic E-state index is 0.739. The molecule has 1 aliphatic rings. The van der Waals surface area contributed by atoms with Crippen molar-refractivity contribution in [2.24, 2.45) is 0 Å². The molecule has 0 spiro atoms. The fraction of sp³-hybridized carbons (Fsp3) is 0.556. The summed E-state index contributed by atoms with van der Waals surface area (Å²) in [5.74, 6) is 0. The van der Waals surface area contributed by atoms with Gasteiger partial charge in [0.1, 0.15) is 0 Å². The van der Waals surface area contributed by atoms with Crippen LogP contribution in [0.1, 0.15) is 19.8 Å². The van der Waals surface area contributed by atoms with E-state index >= 15 is 0 Å². The Kier molecular flexibility index (Phi) is 3.18. The first-order valence-electron chi connectivity index (χ1n) is 3.93. The normalized spacial score (nSPS) is 18.2. The van der Waals surface area contributed by atoms with Gasteiger partial charge >= 0.3 is 0 Å². The Hall–Kier alpha value is -0.240. The number of hydrogen-bond donors (Lipinski definition) is 0. The molecule has 0 aliphatic heterocycles. The molecular weight excluding hydrogens is 202 g/mol. The highest BCUT2D eigenvalue weighted by Crippen LogP contribution is 2.29. The van der Waals surface area contributed by atoms with Crippen LogP contribution in [0.5, 0.6) is 0 Å². The number of nitrogens with zero attached hydrogens (tertiary/aromatic N) is 1. The molecule has 1 rings (SSSR count). The van der Waals surface area contributed by atoms with E-state index in [9.17, 15) is 0 Å². The molecular formula is C9H14BrN. The Morgan fingerprint density at radius 2 is 2.36 bits per heavy atom. The van der Waals surface area contributed by atoms with Crippen molar-refractivity contribution in [3.8, 4) is 0 Å². The third-order valence-electron chi connectivity index (χ3n) is 1.92. The average molecular weight is 216 g/mol. The van der Waals surface area contributed by atoms with Crippen molar-refractivity contribution in [2.75, 3.05) is 5.33 Å². The van der Waals surface area contributed by atoms with Crippen LogP contribution in [0.15, 0.2) is 24.6 Å². The molecule has 0 amide bonds. The molecule has 1 aliphatic carbocycles. The zero-order chi connectivity index (χ0) is 8.27. The van der Waals surface area contributed by atoms with Gasteiger partial charge in [0, 0.05) is 17.1 Å². The van der Waals surface area contributed by atoms with Crippen molar-refractivity contribution in [1.29, 1.82) is 0 Å². The van der Waals surface area contributed by atoms with Crippen molar-refractivity contribution < 1.29 is 0 Å². The second-order valence-corrected chi connectivity index (χ2v) is 3.47. The van der Waals surface area contributed by atoms with Gasteiger partial charge in [-0.2, -0.15) is 0 Å². The molecule has 0 unspecified atom stereocenters. The van der Waals surface area contributed by atoms with Crippen LogP contribution < -0.4 is 0 Å². The van der Waals surface area contributed by atoms with Gasteiger partial charge in [0.25, 0.3) is 0 Å². The van der Waals surface area contributed by atoms with Gasteiger partial charge in [0.05, 0.1) is 0 Å². The molecule has 1 saturated carbocycles. The summed E-state index contributed by atoms with van der Waals surface area (Å²) in [7, 11) is 0. The number of rotatable bonds is 4. The quantitative estimate of drug-likeness (QED) is 0.653. The predicted octanol–water partition coefficient (Wildman–Crippen LogP) is 2.89. The molecule has 0 atom stereocenters. The monoisotopic (exact) mass is 215 g/mol. The highest BCUT2D eigenvalue weighted by atomic mass is 79.9. The summed E-state index contributed by atoms with van der Waals surface area (Å²) in [6.07, 6.45) is 6.73. The van der Waals surface area contributed by atoms with Crippen LogP contribution in [0, 0.1) is 0 Å². The standard InChI is InChI=1S/C9H14BrN/c1-3-11(9-4-5-9)8(2)6-7-10/h3,6,9H,1,4-5,7H2,2H3/b8-6-. The Bertz CT molecular complexity index is 170. The predicted molar refractivity (Wildman–Crippen MR) is 52.6 cm³/mol. The van der Waals surface area contributed by atoms with Gasteiger partial charge in [0.2, 0.25) is 0 Å². The van der Waals surface area contributed by atoms with Crippen molar-refractivity contribution in [3.05, 3.63) is 24.6 Å². The summed E-state index contributed by atoms with van der Waals surface area (Å²) in [5.41, 5.74) is 1.30. The number of hydrogen-bond acceptors (Lipinski definition) is 1. The van der Waals surface area contributed by atoms with Gasteiger partial charge in [-0.25, -0.2) is 0 Å². The molecule has 11 heavy (non-hydrogen) atoms. The summed E-state index contributed by atoms with van der Waals surface area (Å²) >= 11 is 3.38. The van der Waals surface area contributed by atoms with E-state index in [2.05, 4.69) is 40.4 Å². The summed E-state index contributed by atoms with van der Waals surface area (Å²) < 4.78 is 0. The van der Waals surface area contributed by atoms with E-state index in [1.54, 1.807) is 0 Å². The lowest BCUT2D eigenvalue weighted by Crippen LogP contribution is -2.16. The average Bonchev–Trinajstić information content (AvgIpc) is 2.73. The third kappa shape index (κ3) is 2.37. The van der Waals surface area contributed by atoms with Crippen LogP contribution >= 0.6 is 15.9 Å². The first kappa shape index (κ1) is 8.85. The molecule has 0 aromatic carbocycles. The van der Waals surface area contributed by atoms with E-state index in [1.807, 2.05) is 6.20 Å². The first-order valence-corrected chi connectivity index (χ1v) is 5.05. The maximum absolute atomic E-state index is 3.80. The Labute approximate surface area is 76.9 Å². The molecule has 1 fully saturated rings. The summed E-state index contributed by atoms with van der Waals surface area (Å²) in [6.45, 7) is 5.92. The Balaban J connectivity index is 2.52. The summed E-state index contributed by atoms with van der Waals surface area (Å²) in [4.78, 5) is 2.25. The summed E-state index contributed by atoms with van der Waals surface area (Å²) in [5, 5.41) is 0.926. The zero-order valence-corrected chi connectivity index (χ0v) is 8.47. The molecule has 0 aromatic heterocycles. The maximum Gasteiger partial charge on any atom is 0.0334 e. The van der Waals surface area contributed by atoms with Crippen LogP contribution in [0.4, 0.5) is 0 Å². The minimum atomic E-state index is 0.739. The molecule has 2 heteroatoms. The highest BCUT2D eigenvalue weighted by molar-refractivity contribution is 9.09. The van der Waals surface area contributed by atoms with Crippen molar-refractivity contribution in [3.63, 3.8) is 0 Å². The van der Waals surface area contributed by atoms with Gasteiger partial charge in [-0.3, -0.25) is 0 Å². The van der Waals surface area contributed by atoms with Gasteiger partial charge in [0.15, 0.2) is 0 Å². The molecule has 0 saturated heterocycles. The summed E-state index contributed by atoms with van der Waals surface area (Å²) in [6, 6.07) is 0.739. The van der Waals surface area contributed by atoms with Crippen LogP contribution in [0.2, 0.25) is 0 Å². The molecule has 62 valence electrons. The first-order chi connectivity index (χ1) is 5.29. The maximum atomic E-state index is 3.80. The number of allylic oxidation sites excluding steroid dienone is 2. The van der Waals surface area contributed by atoms with Gasteiger partial charge < -0.3 is 4.90 Å². The Morgan fingerprint density at radius 1 is 1.73 bits per heavy atom. The number of halogens is 1. The lowest BCUT2D eigenvalue weighted by Gasteiger charge is -2.19. The zero-order valence-electron chi connectivity index (χ0n) is 6.89. The van der Waals surface area contributed by atoms with E-state index in [0.717, 1.165) is 11.4 Å². The van der Waals surface area contributed by atoms with Crippen molar-refractivity contribution in [2.45, 2.75) is 25.8 Å². The van der Waals surface area contributed by atoms with Crippen LogP contribution in [-0.2, 0) is 0 Å². The molecule has 0 bridgehead atoms. The molecule has 0 N–H and O–H groups in total. The fourth-order valence-corrected chi connectivity index (χ4v) is 1.62. The van der Waals surface area contributed by atoms with Crippen molar-refractivity contribution in [1.82, 2.24) is 4.90 Å². The second-order valence-electron chi connectivity index (χ2n) is 2.82. The smallest absolute Gasteiger partial charge is 0.0334 e. The fourth-order valence-electron chi connectivity index (χ4n) is 1.15. The molecule has 0 aromatic rings. The van der Waals surface area contributed by atoms with E-state index in [-0.39, 0.29) is 0 Å². The lowest BCUT2D eigenvalue weighted by atomic mass is 10.4. The Morgan fingerprint density at radius 3 is 2.73 bits per heavy atom. The SMILES string of the molecule is C=CN(/C(C)=C\CBr)C1CC1.